The molecule has 138 valence electrons. The van der Waals surface area contributed by atoms with Crippen LogP contribution in [0.4, 0.5) is 0 Å². The number of nitrogens with zero attached hydrogens (tertiary/aromatic N) is 3. The van der Waals surface area contributed by atoms with Gasteiger partial charge in [0.15, 0.2) is 11.5 Å². The van der Waals surface area contributed by atoms with E-state index in [9.17, 15) is 4.79 Å². The van der Waals surface area contributed by atoms with Crippen LogP contribution in [0.15, 0.2) is 30.7 Å². The second-order valence-corrected chi connectivity index (χ2v) is 6.58. The number of benzene rings is 1. The van der Waals surface area contributed by atoms with E-state index < -0.39 is 0 Å². The van der Waals surface area contributed by atoms with Crippen molar-refractivity contribution in [3.63, 3.8) is 0 Å². The molecular formula is C19H23N3O4. The fraction of sp³-hybridized carbons (Fsp3) is 0.474. The van der Waals surface area contributed by atoms with Gasteiger partial charge in [0.1, 0.15) is 13.2 Å². The number of para-hydroxylation sites is 1. The van der Waals surface area contributed by atoms with Gasteiger partial charge in [0, 0.05) is 31.8 Å². The topological polar surface area (TPSA) is 65.8 Å². The molecule has 2 aliphatic heterocycles. The molecule has 0 fully saturated rings. The van der Waals surface area contributed by atoms with E-state index in [0.29, 0.717) is 56.6 Å². The van der Waals surface area contributed by atoms with Crippen LogP contribution in [0.1, 0.15) is 23.0 Å². The van der Waals surface area contributed by atoms with E-state index in [1.807, 2.05) is 36.5 Å². The molecule has 0 saturated carbocycles. The number of amides is 1. The van der Waals surface area contributed by atoms with Gasteiger partial charge < -0.3 is 23.7 Å². The first-order chi connectivity index (χ1) is 12.8. The summed E-state index contributed by atoms with van der Waals surface area (Å²) in [5.41, 5.74) is 1.57. The Hall–Kier alpha value is -2.54. The standard InChI is InChI=1S/C19H23N3O4/c1-2-24-12-14-9-21(11-15-8-20-13-22(15)10-14)19(23)16-4-3-5-17-18(16)26-7-6-25-17/h3-5,8,13-14H,2,6-7,9-12H2,1H3/t14-/m1/s1. The summed E-state index contributed by atoms with van der Waals surface area (Å²) in [6.45, 7) is 6.17. The van der Waals surface area contributed by atoms with E-state index in [1.54, 1.807) is 6.07 Å². The molecular weight excluding hydrogens is 334 g/mol. The number of carbonyl (C=O) groups is 1. The summed E-state index contributed by atoms with van der Waals surface area (Å²) in [5.74, 6) is 1.34. The van der Waals surface area contributed by atoms with E-state index >= 15 is 0 Å². The van der Waals surface area contributed by atoms with Crippen molar-refractivity contribution in [3.8, 4) is 11.5 Å². The molecule has 7 heteroatoms. The van der Waals surface area contributed by atoms with Gasteiger partial charge >= 0.3 is 0 Å². The molecule has 4 rings (SSSR count). The minimum absolute atomic E-state index is 0.0523. The maximum absolute atomic E-state index is 13.3. The zero-order valence-electron chi connectivity index (χ0n) is 14.9. The summed E-state index contributed by atoms with van der Waals surface area (Å²) in [4.78, 5) is 19.4. The van der Waals surface area contributed by atoms with E-state index in [2.05, 4.69) is 9.55 Å². The van der Waals surface area contributed by atoms with Crippen molar-refractivity contribution in [2.45, 2.75) is 20.0 Å². The lowest BCUT2D eigenvalue weighted by atomic mass is 10.1. The van der Waals surface area contributed by atoms with Gasteiger partial charge in [0.05, 0.1) is 30.7 Å². The van der Waals surface area contributed by atoms with Gasteiger partial charge in [0.2, 0.25) is 0 Å². The van der Waals surface area contributed by atoms with Crippen molar-refractivity contribution in [2.24, 2.45) is 5.92 Å². The van der Waals surface area contributed by atoms with E-state index in [4.69, 9.17) is 14.2 Å². The predicted molar refractivity (Wildman–Crippen MR) is 94.4 cm³/mol. The summed E-state index contributed by atoms with van der Waals surface area (Å²) in [7, 11) is 0. The van der Waals surface area contributed by atoms with Crippen LogP contribution in [-0.2, 0) is 17.8 Å². The highest BCUT2D eigenvalue weighted by atomic mass is 16.6. The molecule has 0 N–H and O–H groups in total. The van der Waals surface area contributed by atoms with Crippen LogP contribution < -0.4 is 9.47 Å². The Labute approximate surface area is 152 Å². The highest BCUT2D eigenvalue weighted by Crippen LogP contribution is 2.34. The quantitative estimate of drug-likeness (QED) is 0.837. The average molecular weight is 357 g/mol. The molecule has 0 bridgehead atoms. The van der Waals surface area contributed by atoms with Crippen LogP contribution in [0.5, 0.6) is 11.5 Å². The summed E-state index contributed by atoms with van der Waals surface area (Å²) in [5, 5.41) is 0. The second kappa shape index (κ2) is 7.37. The number of aromatic nitrogens is 2. The highest BCUT2D eigenvalue weighted by Gasteiger charge is 2.29. The van der Waals surface area contributed by atoms with Gasteiger partial charge in [-0.25, -0.2) is 4.98 Å². The molecule has 0 unspecified atom stereocenters. The summed E-state index contributed by atoms with van der Waals surface area (Å²) in [6.07, 6.45) is 3.65. The van der Waals surface area contributed by atoms with E-state index in [-0.39, 0.29) is 11.8 Å². The van der Waals surface area contributed by atoms with Gasteiger partial charge in [-0.1, -0.05) is 6.07 Å². The molecule has 2 aliphatic rings. The number of carbonyl (C=O) groups excluding carboxylic acids is 1. The molecule has 0 saturated heterocycles. The minimum atomic E-state index is -0.0523. The smallest absolute Gasteiger partial charge is 0.258 e. The molecule has 2 aromatic rings. The third-order valence-electron chi connectivity index (χ3n) is 4.73. The van der Waals surface area contributed by atoms with Crippen LogP contribution in [-0.4, -0.2) is 53.3 Å². The van der Waals surface area contributed by atoms with E-state index in [1.165, 1.54) is 0 Å². The lowest BCUT2D eigenvalue weighted by Crippen LogP contribution is -2.36. The van der Waals surface area contributed by atoms with Crippen molar-refractivity contribution in [1.29, 1.82) is 0 Å². The van der Waals surface area contributed by atoms with Gasteiger partial charge in [-0.15, -0.1) is 0 Å². The molecule has 1 amide bonds. The minimum Gasteiger partial charge on any atom is -0.486 e. The van der Waals surface area contributed by atoms with Crippen LogP contribution in [0.3, 0.4) is 0 Å². The molecule has 0 radical (unpaired) electrons. The van der Waals surface area contributed by atoms with Crippen molar-refractivity contribution in [2.75, 3.05) is 33.0 Å². The van der Waals surface area contributed by atoms with Crippen molar-refractivity contribution in [1.82, 2.24) is 14.5 Å². The lowest BCUT2D eigenvalue weighted by molar-refractivity contribution is 0.0611. The van der Waals surface area contributed by atoms with Crippen molar-refractivity contribution >= 4 is 5.91 Å². The number of rotatable bonds is 4. The molecule has 3 heterocycles. The second-order valence-electron chi connectivity index (χ2n) is 6.58. The van der Waals surface area contributed by atoms with E-state index in [0.717, 1.165) is 12.2 Å². The van der Waals surface area contributed by atoms with Crippen LogP contribution in [0.2, 0.25) is 0 Å². The maximum Gasteiger partial charge on any atom is 0.258 e. The molecule has 1 atom stereocenters. The first-order valence-electron chi connectivity index (χ1n) is 9.01. The maximum atomic E-state index is 13.3. The monoisotopic (exact) mass is 357 g/mol. The third kappa shape index (κ3) is 3.26. The largest absolute Gasteiger partial charge is 0.486 e. The third-order valence-corrected chi connectivity index (χ3v) is 4.73. The summed E-state index contributed by atoms with van der Waals surface area (Å²) >= 11 is 0. The fourth-order valence-corrected chi connectivity index (χ4v) is 3.51. The Morgan fingerprint density at radius 2 is 2.19 bits per heavy atom. The fourth-order valence-electron chi connectivity index (χ4n) is 3.51. The molecule has 7 nitrogen and oxygen atoms in total. The van der Waals surface area contributed by atoms with Crippen LogP contribution in [0, 0.1) is 5.92 Å². The lowest BCUT2D eigenvalue weighted by Gasteiger charge is -2.26. The van der Waals surface area contributed by atoms with Crippen molar-refractivity contribution in [3.05, 3.63) is 42.0 Å². The molecule has 0 aliphatic carbocycles. The normalized spacial score (nSPS) is 19.0. The number of ether oxygens (including phenoxy) is 3. The zero-order chi connectivity index (χ0) is 17.9. The number of hydrogen-bond donors (Lipinski definition) is 0. The molecule has 1 aromatic carbocycles. The first-order valence-corrected chi connectivity index (χ1v) is 9.01. The summed E-state index contributed by atoms with van der Waals surface area (Å²) < 4.78 is 19.1. The van der Waals surface area contributed by atoms with Gasteiger partial charge in [-0.05, 0) is 19.1 Å². The molecule has 26 heavy (non-hydrogen) atoms. The van der Waals surface area contributed by atoms with Crippen molar-refractivity contribution < 1.29 is 19.0 Å². The Morgan fingerprint density at radius 3 is 3.08 bits per heavy atom. The van der Waals surface area contributed by atoms with Crippen LogP contribution in [0.25, 0.3) is 0 Å². The Morgan fingerprint density at radius 1 is 1.31 bits per heavy atom. The Kier molecular flexibility index (Phi) is 4.79. The zero-order valence-corrected chi connectivity index (χ0v) is 14.9. The number of imidazole rings is 1. The highest BCUT2D eigenvalue weighted by molar-refractivity contribution is 5.97. The molecule has 0 spiro atoms. The number of fused-ring (bicyclic) bond motifs is 2. The predicted octanol–water partition coefficient (Wildman–Crippen LogP) is 1.96. The first kappa shape index (κ1) is 16.9. The summed E-state index contributed by atoms with van der Waals surface area (Å²) in [6, 6.07) is 5.47. The molecule has 1 aromatic heterocycles. The Bertz CT molecular complexity index is 789. The SMILES string of the molecule is CCOC[C@@H]1CN(C(=O)c2cccc3c2OCCO3)Cc2cncn2C1. The number of hydrogen-bond acceptors (Lipinski definition) is 5. The van der Waals surface area contributed by atoms with Gasteiger partial charge in [-0.2, -0.15) is 0 Å². The average Bonchev–Trinajstić information content (AvgIpc) is 3.03. The Balaban J connectivity index is 1.62. The van der Waals surface area contributed by atoms with Gasteiger partial charge in [-0.3, -0.25) is 4.79 Å². The van der Waals surface area contributed by atoms with Crippen LogP contribution >= 0.6 is 0 Å². The van der Waals surface area contributed by atoms with Gasteiger partial charge in [0.25, 0.3) is 5.91 Å².